The third-order valence-corrected chi connectivity index (χ3v) is 3.70. The van der Waals surface area contributed by atoms with Gasteiger partial charge in [-0.3, -0.25) is 9.78 Å². The molecular weight excluding hydrogens is 321 g/mol. The van der Waals surface area contributed by atoms with Gasteiger partial charge in [0, 0.05) is 27.2 Å². The molecule has 0 atom stereocenters. The van der Waals surface area contributed by atoms with Gasteiger partial charge in [0.15, 0.2) is 5.78 Å². The topological polar surface area (TPSA) is 30.0 Å². The van der Waals surface area contributed by atoms with Crippen molar-refractivity contribution >= 4 is 32.6 Å². The molecule has 2 nitrogen and oxygen atoms in total. The number of nitrogens with zero attached hydrogens (tertiary/aromatic N) is 1. The van der Waals surface area contributed by atoms with Crippen LogP contribution in [0.5, 0.6) is 0 Å². The summed E-state index contributed by atoms with van der Waals surface area (Å²) in [5, 5.41) is 0.974. The minimum Gasteiger partial charge on any atom is -0.289 e. The Hall–Kier alpha value is -2.07. The molecule has 0 aliphatic rings. The Kier molecular flexibility index (Phi) is 3.32. The van der Waals surface area contributed by atoms with Gasteiger partial charge < -0.3 is 0 Å². The normalized spacial score (nSPS) is 10.7. The van der Waals surface area contributed by atoms with Crippen LogP contribution in [0.15, 0.2) is 59.2 Å². The lowest BCUT2D eigenvalue weighted by molar-refractivity contribution is 0.103. The molecule has 0 radical (unpaired) electrons. The Morgan fingerprint density at radius 2 is 1.95 bits per heavy atom. The van der Waals surface area contributed by atoms with E-state index in [4.69, 9.17) is 0 Å². The van der Waals surface area contributed by atoms with E-state index in [2.05, 4.69) is 20.9 Å². The molecule has 0 saturated carbocycles. The predicted octanol–water partition coefficient (Wildman–Crippen LogP) is 4.37. The number of hydrogen-bond acceptors (Lipinski definition) is 2. The maximum absolute atomic E-state index is 13.1. The van der Waals surface area contributed by atoms with Crippen molar-refractivity contribution < 1.29 is 9.18 Å². The lowest BCUT2D eigenvalue weighted by atomic mass is 10.0. The van der Waals surface area contributed by atoms with Gasteiger partial charge in [-0.15, -0.1) is 0 Å². The summed E-state index contributed by atoms with van der Waals surface area (Å²) in [5.41, 5.74) is 1.72. The van der Waals surface area contributed by atoms with Crippen molar-refractivity contribution in [2.75, 3.05) is 0 Å². The Labute approximate surface area is 123 Å². The van der Waals surface area contributed by atoms with Crippen molar-refractivity contribution in [3.8, 4) is 0 Å². The van der Waals surface area contributed by atoms with Gasteiger partial charge in [-0.1, -0.05) is 18.2 Å². The van der Waals surface area contributed by atoms with E-state index in [1.54, 1.807) is 18.3 Å². The SMILES string of the molecule is O=C(c1ccc2cccnc2c1)c1ccc(F)cc1Br. The number of carbonyl (C=O) groups is 1. The van der Waals surface area contributed by atoms with Crippen molar-refractivity contribution in [3.63, 3.8) is 0 Å². The zero-order chi connectivity index (χ0) is 14.1. The zero-order valence-corrected chi connectivity index (χ0v) is 11.9. The summed E-state index contributed by atoms with van der Waals surface area (Å²) >= 11 is 3.22. The van der Waals surface area contributed by atoms with Gasteiger partial charge in [-0.25, -0.2) is 4.39 Å². The minimum absolute atomic E-state index is 0.163. The largest absolute Gasteiger partial charge is 0.289 e. The second-order valence-corrected chi connectivity index (χ2v) is 5.22. The lowest BCUT2D eigenvalue weighted by Gasteiger charge is -2.05. The van der Waals surface area contributed by atoms with E-state index in [1.165, 1.54) is 18.2 Å². The first-order valence-electron chi connectivity index (χ1n) is 6.00. The van der Waals surface area contributed by atoms with Gasteiger partial charge in [-0.2, -0.15) is 0 Å². The fourth-order valence-corrected chi connectivity index (χ4v) is 2.57. The molecule has 1 heterocycles. The van der Waals surface area contributed by atoms with E-state index >= 15 is 0 Å². The van der Waals surface area contributed by atoms with Crippen LogP contribution < -0.4 is 0 Å². The standard InChI is InChI=1S/C16H9BrFNO/c17-14-9-12(18)5-6-13(14)16(20)11-4-3-10-2-1-7-19-15(10)8-11/h1-9H. The quantitative estimate of drug-likeness (QED) is 0.653. The molecule has 0 bridgehead atoms. The highest BCUT2D eigenvalue weighted by atomic mass is 79.9. The molecule has 98 valence electrons. The molecule has 2 aromatic carbocycles. The molecular formula is C16H9BrFNO. The van der Waals surface area contributed by atoms with Crippen LogP contribution in [0.25, 0.3) is 10.9 Å². The van der Waals surface area contributed by atoms with Crippen LogP contribution in [0, 0.1) is 5.82 Å². The number of fused-ring (bicyclic) bond motifs is 1. The molecule has 0 aliphatic carbocycles. The number of pyridine rings is 1. The highest BCUT2D eigenvalue weighted by molar-refractivity contribution is 9.10. The smallest absolute Gasteiger partial charge is 0.194 e. The van der Waals surface area contributed by atoms with Crippen molar-refractivity contribution in [2.24, 2.45) is 0 Å². The van der Waals surface area contributed by atoms with Crippen LogP contribution in [0.4, 0.5) is 4.39 Å². The van der Waals surface area contributed by atoms with Crippen molar-refractivity contribution in [1.82, 2.24) is 4.98 Å². The molecule has 0 aliphatic heterocycles. The first-order chi connectivity index (χ1) is 9.65. The number of halogens is 2. The molecule has 0 spiro atoms. The van der Waals surface area contributed by atoms with Gasteiger partial charge in [0.05, 0.1) is 5.52 Å². The summed E-state index contributed by atoms with van der Waals surface area (Å²) in [4.78, 5) is 16.7. The van der Waals surface area contributed by atoms with Gasteiger partial charge >= 0.3 is 0 Å². The summed E-state index contributed by atoms with van der Waals surface area (Å²) in [6.07, 6.45) is 1.68. The Bertz CT molecular complexity index is 816. The molecule has 0 saturated heterocycles. The van der Waals surface area contributed by atoms with Gasteiger partial charge in [-0.05, 0) is 46.3 Å². The average molecular weight is 330 g/mol. The van der Waals surface area contributed by atoms with Crippen LogP contribution >= 0.6 is 15.9 Å². The van der Waals surface area contributed by atoms with E-state index in [1.807, 2.05) is 18.2 Å². The Morgan fingerprint density at radius 3 is 2.75 bits per heavy atom. The van der Waals surface area contributed by atoms with Crippen molar-refractivity contribution in [3.05, 3.63) is 76.1 Å². The van der Waals surface area contributed by atoms with E-state index in [0.717, 1.165) is 10.9 Å². The number of benzene rings is 2. The summed E-state index contributed by atoms with van der Waals surface area (Å²) < 4.78 is 13.5. The maximum Gasteiger partial charge on any atom is 0.194 e. The van der Waals surface area contributed by atoms with E-state index in [0.29, 0.717) is 15.6 Å². The first-order valence-corrected chi connectivity index (χ1v) is 6.79. The number of carbonyl (C=O) groups excluding carboxylic acids is 1. The minimum atomic E-state index is -0.381. The van der Waals surface area contributed by atoms with E-state index in [-0.39, 0.29) is 11.6 Å². The average Bonchev–Trinajstić information content (AvgIpc) is 2.46. The summed E-state index contributed by atoms with van der Waals surface area (Å²) in [7, 11) is 0. The molecule has 4 heteroatoms. The number of ketones is 1. The number of rotatable bonds is 2. The van der Waals surface area contributed by atoms with E-state index in [9.17, 15) is 9.18 Å². The molecule has 1 aromatic heterocycles. The number of hydrogen-bond donors (Lipinski definition) is 0. The molecule has 0 amide bonds. The summed E-state index contributed by atoms with van der Waals surface area (Å²) in [6, 6.07) is 13.2. The first kappa shape index (κ1) is 12.9. The van der Waals surface area contributed by atoms with Crippen LogP contribution in [-0.4, -0.2) is 10.8 Å². The number of aromatic nitrogens is 1. The molecule has 0 N–H and O–H groups in total. The van der Waals surface area contributed by atoms with Crippen LogP contribution in [0.1, 0.15) is 15.9 Å². The fraction of sp³-hybridized carbons (Fsp3) is 0. The monoisotopic (exact) mass is 329 g/mol. The highest BCUT2D eigenvalue weighted by Crippen LogP contribution is 2.22. The predicted molar refractivity (Wildman–Crippen MR) is 79.3 cm³/mol. The molecule has 3 aromatic rings. The van der Waals surface area contributed by atoms with Gasteiger partial charge in [0.25, 0.3) is 0 Å². The third kappa shape index (κ3) is 2.34. The van der Waals surface area contributed by atoms with Crippen LogP contribution in [-0.2, 0) is 0 Å². The molecule has 20 heavy (non-hydrogen) atoms. The Balaban J connectivity index is 2.08. The molecule has 0 unspecified atom stereocenters. The second kappa shape index (κ2) is 5.13. The van der Waals surface area contributed by atoms with Gasteiger partial charge in [0.2, 0.25) is 0 Å². The van der Waals surface area contributed by atoms with Crippen molar-refractivity contribution in [1.29, 1.82) is 0 Å². The van der Waals surface area contributed by atoms with E-state index < -0.39 is 0 Å². The summed E-state index contributed by atoms with van der Waals surface area (Å²) in [6.45, 7) is 0. The third-order valence-electron chi connectivity index (χ3n) is 3.04. The second-order valence-electron chi connectivity index (χ2n) is 4.36. The van der Waals surface area contributed by atoms with Crippen molar-refractivity contribution in [2.45, 2.75) is 0 Å². The molecule has 0 fully saturated rings. The van der Waals surface area contributed by atoms with Crippen LogP contribution in [0.2, 0.25) is 0 Å². The summed E-state index contributed by atoms with van der Waals surface area (Å²) in [5.74, 6) is -0.543. The maximum atomic E-state index is 13.1. The molecule has 3 rings (SSSR count). The van der Waals surface area contributed by atoms with Crippen LogP contribution in [0.3, 0.4) is 0 Å². The lowest BCUT2D eigenvalue weighted by Crippen LogP contribution is -2.02. The zero-order valence-electron chi connectivity index (χ0n) is 10.3. The Morgan fingerprint density at radius 1 is 1.10 bits per heavy atom. The highest BCUT2D eigenvalue weighted by Gasteiger charge is 2.13. The fourth-order valence-electron chi connectivity index (χ4n) is 2.04. The van der Waals surface area contributed by atoms with Gasteiger partial charge in [0.1, 0.15) is 5.82 Å².